The first-order valence-electron chi connectivity index (χ1n) is 6.34. The monoisotopic (exact) mass is 284 g/mol. The second-order valence-electron chi connectivity index (χ2n) is 4.81. The van der Waals surface area contributed by atoms with E-state index in [0.717, 1.165) is 17.5 Å². The van der Waals surface area contributed by atoms with Gasteiger partial charge in [0.25, 0.3) is 0 Å². The van der Waals surface area contributed by atoms with E-state index in [2.05, 4.69) is 0 Å². The summed E-state index contributed by atoms with van der Waals surface area (Å²) < 4.78 is 31.3. The van der Waals surface area contributed by atoms with E-state index in [1.807, 2.05) is 24.3 Å². The molecule has 1 atom stereocenters. The van der Waals surface area contributed by atoms with Crippen molar-refractivity contribution in [3.05, 3.63) is 35.4 Å². The molecule has 2 N–H and O–H groups in total. The number of hydrogen-bond acceptors (Lipinski definition) is 4. The van der Waals surface area contributed by atoms with E-state index in [1.165, 1.54) is 4.31 Å². The topological polar surface area (TPSA) is 72.6 Å². The molecule has 1 heterocycles. The van der Waals surface area contributed by atoms with Gasteiger partial charge in [-0.1, -0.05) is 24.3 Å². The van der Waals surface area contributed by atoms with Crippen LogP contribution in [0.5, 0.6) is 0 Å². The molecule has 0 amide bonds. The highest BCUT2D eigenvalue weighted by Crippen LogP contribution is 2.18. The van der Waals surface area contributed by atoms with Crippen molar-refractivity contribution < 1.29 is 13.2 Å². The van der Waals surface area contributed by atoms with Crippen LogP contribution in [0.4, 0.5) is 0 Å². The lowest BCUT2D eigenvalue weighted by atomic mass is 10.1. The molecular weight excluding hydrogens is 264 g/mol. The molecule has 1 fully saturated rings. The lowest BCUT2D eigenvalue weighted by Crippen LogP contribution is -2.38. The number of rotatable bonds is 5. The summed E-state index contributed by atoms with van der Waals surface area (Å²) in [7, 11) is -1.68. The Balaban J connectivity index is 2.11. The number of hydrogen-bond donors (Lipinski definition) is 1. The Bertz CT molecular complexity index is 524. The maximum atomic E-state index is 12.3. The summed E-state index contributed by atoms with van der Waals surface area (Å²) in [4.78, 5) is 0. The van der Waals surface area contributed by atoms with Crippen LogP contribution in [0.1, 0.15) is 17.5 Å². The van der Waals surface area contributed by atoms with E-state index in [1.54, 1.807) is 7.05 Å². The molecule has 19 heavy (non-hydrogen) atoms. The van der Waals surface area contributed by atoms with E-state index in [9.17, 15) is 8.42 Å². The van der Waals surface area contributed by atoms with Crippen LogP contribution in [-0.4, -0.2) is 39.0 Å². The summed E-state index contributed by atoms with van der Waals surface area (Å²) in [6, 6.07) is 7.35. The third-order valence-corrected chi connectivity index (χ3v) is 5.31. The van der Waals surface area contributed by atoms with Crippen LogP contribution >= 0.6 is 0 Å². The molecule has 1 unspecified atom stereocenters. The van der Waals surface area contributed by atoms with Gasteiger partial charge < -0.3 is 10.5 Å². The van der Waals surface area contributed by atoms with Crippen LogP contribution in [0, 0.1) is 0 Å². The minimum Gasteiger partial charge on any atom is -0.380 e. The third kappa shape index (κ3) is 3.54. The average molecular weight is 284 g/mol. The van der Waals surface area contributed by atoms with Gasteiger partial charge in [0.1, 0.15) is 0 Å². The molecule has 1 aromatic carbocycles. The molecule has 1 saturated heterocycles. The summed E-state index contributed by atoms with van der Waals surface area (Å²) in [6.45, 7) is 1.53. The zero-order valence-corrected chi connectivity index (χ0v) is 11.9. The predicted octanol–water partition coefficient (Wildman–Crippen LogP) is 0.696. The van der Waals surface area contributed by atoms with Gasteiger partial charge >= 0.3 is 0 Å². The Morgan fingerprint density at radius 3 is 2.79 bits per heavy atom. The summed E-state index contributed by atoms with van der Waals surface area (Å²) in [5, 5.41) is 0. The van der Waals surface area contributed by atoms with Gasteiger partial charge in [-0.25, -0.2) is 8.42 Å². The standard InChI is InChI=1S/C13H20N2O3S/c1-15(13-5-6-18-9-13)19(16,17)10-12-4-2-3-11(7-12)8-14/h2-4,7,13H,5-6,8-10,14H2,1H3. The predicted molar refractivity (Wildman–Crippen MR) is 73.9 cm³/mol. The number of nitrogens with two attached hydrogens (primary N) is 1. The van der Waals surface area contributed by atoms with Crippen molar-refractivity contribution in [2.24, 2.45) is 5.73 Å². The van der Waals surface area contributed by atoms with Crippen molar-refractivity contribution >= 4 is 10.0 Å². The molecular formula is C13H20N2O3S. The zero-order valence-electron chi connectivity index (χ0n) is 11.1. The molecule has 6 heteroatoms. The fourth-order valence-electron chi connectivity index (χ4n) is 2.19. The van der Waals surface area contributed by atoms with Gasteiger partial charge in [-0.15, -0.1) is 0 Å². The van der Waals surface area contributed by atoms with Crippen molar-refractivity contribution in [1.29, 1.82) is 0 Å². The normalized spacial score (nSPS) is 20.1. The van der Waals surface area contributed by atoms with Gasteiger partial charge in [0, 0.05) is 20.2 Å². The summed E-state index contributed by atoms with van der Waals surface area (Å²) in [5.41, 5.74) is 7.28. The highest BCUT2D eigenvalue weighted by atomic mass is 32.2. The van der Waals surface area contributed by atoms with Gasteiger partial charge in [-0.2, -0.15) is 4.31 Å². The first-order chi connectivity index (χ1) is 9.03. The lowest BCUT2D eigenvalue weighted by Gasteiger charge is -2.22. The van der Waals surface area contributed by atoms with Crippen molar-refractivity contribution in [2.45, 2.75) is 24.8 Å². The van der Waals surface area contributed by atoms with Crippen molar-refractivity contribution in [3.8, 4) is 0 Å². The number of nitrogens with zero attached hydrogens (tertiary/aromatic N) is 1. The summed E-state index contributed by atoms with van der Waals surface area (Å²) in [6.07, 6.45) is 0.762. The van der Waals surface area contributed by atoms with E-state index in [4.69, 9.17) is 10.5 Å². The van der Waals surface area contributed by atoms with Crippen LogP contribution < -0.4 is 5.73 Å². The number of ether oxygens (including phenoxy) is 1. The quantitative estimate of drug-likeness (QED) is 0.863. The number of benzene rings is 1. The first kappa shape index (κ1) is 14.5. The highest BCUT2D eigenvalue weighted by molar-refractivity contribution is 7.88. The van der Waals surface area contributed by atoms with E-state index in [-0.39, 0.29) is 11.8 Å². The fraction of sp³-hybridized carbons (Fsp3) is 0.538. The van der Waals surface area contributed by atoms with Crippen molar-refractivity contribution in [3.63, 3.8) is 0 Å². The van der Waals surface area contributed by atoms with Gasteiger partial charge in [0.2, 0.25) is 10.0 Å². The molecule has 0 saturated carbocycles. The molecule has 0 bridgehead atoms. The number of sulfonamides is 1. The molecule has 0 aliphatic carbocycles. The van der Waals surface area contributed by atoms with Crippen LogP contribution in [0.2, 0.25) is 0 Å². The second kappa shape index (κ2) is 6.00. The van der Waals surface area contributed by atoms with Gasteiger partial charge in [-0.3, -0.25) is 0 Å². The average Bonchev–Trinajstić information content (AvgIpc) is 2.91. The summed E-state index contributed by atoms with van der Waals surface area (Å²) in [5.74, 6) is 0.00778. The minimum atomic E-state index is -3.31. The van der Waals surface area contributed by atoms with Crippen LogP contribution in [0.25, 0.3) is 0 Å². The zero-order chi connectivity index (χ0) is 13.9. The molecule has 1 aliphatic rings. The van der Waals surface area contributed by atoms with E-state index < -0.39 is 10.0 Å². The second-order valence-corrected chi connectivity index (χ2v) is 6.84. The Hall–Kier alpha value is -0.950. The van der Waals surface area contributed by atoms with Gasteiger partial charge in [0.15, 0.2) is 0 Å². The van der Waals surface area contributed by atoms with Crippen LogP contribution in [0.3, 0.4) is 0 Å². The largest absolute Gasteiger partial charge is 0.380 e. The minimum absolute atomic E-state index is 0.00778. The van der Waals surface area contributed by atoms with E-state index in [0.29, 0.717) is 19.8 Å². The van der Waals surface area contributed by atoms with Crippen LogP contribution in [-0.2, 0) is 27.1 Å². The van der Waals surface area contributed by atoms with Gasteiger partial charge in [0.05, 0.1) is 18.4 Å². The molecule has 0 spiro atoms. The number of likely N-dealkylation sites (N-methyl/N-ethyl adjacent to an activating group) is 1. The smallest absolute Gasteiger partial charge is 0.218 e. The Labute approximate surface area is 114 Å². The molecule has 1 aromatic rings. The third-order valence-electron chi connectivity index (χ3n) is 3.43. The molecule has 0 radical (unpaired) electrons. The first-order valence-corrected chi connectivity index (χ1v) is 7.95. The van der Waals surface area contributed by atoms with E-state index >= 15 is 0 Å². The van der Waals surface area contributed by atoms with Crippen molar-refractivity contribution in [2.75, 3.05) is 20.3 Å². The van der Waals surface area contributed by atoms with Crippen LogP contribution in [0.15, 0.2) is 24.3 Å². The maximum Gasteiger partial charge on any atom is 0.218 e. The molecule has 1 aliphatic heterocycles. The van der Waals surface area contributed by atoms with Crippen molar-refractivity contribution in [1.82, 2.24) is 4.31 Å². The maximum absolute atomic E-state index is 12.3. The van der Waals surface area contributed by atoms with Gasteiger partial charge in [-0.05, 0) is 17.5 Å². The molecule has 5 nitrogen and oxygen atoms in total. The highest BCUT2D eigenvalue weighted by Gasteiger charge is 2.29. The SMILES string of the molecule is CN(C1CCOC1)S(=O)(=O)Cc1cccc(CN)c1. The Morgan fingerprint density at radius 1 is 1.42 bits per heavy atom. The fourth-order valence-corrected chi connectivity index (χ4v) is 3.62. The molecule has 2 rings (SSSR count). The Kier molecular flexibility index (Phi) is 4.57. The summed E-state index contributed by atoms with van der Waals surface area (Å²) >= 11 is 0. The lowest BCUT2D eigenvalue weighted by molar-refractivity contribution is 0.181. The molecule has 106 valence electrons. The Morgan fingerprint density at radius 2 is 2.16 bits per heavy atom. The molecule has 0 aromatic heterocycles.